The van der Waals surface area contributed by atoms with Gasteiger partial charge in [0.05, 0.1) is 0 Å². The van der Waals surface area contributed by atoms with Crippen molar-refractivity contribution in [3.05, 3.63) is 57.8 Å². The first kappa shape index (κ1) is 20.0. The predicted octanol–water partition coefficient (Wildman–Crippen LogP) is 4.19. The highest BCUT2D eigenvalue weighted by Crippen LogP contribution is 2.14. The van der Waals surface area contributed by atoms with Crippen molar-refractivity contribution in [2.45, 2.75) is 26.2 Å². The van der Waals surface area contributed by atoms with Crippen molar-refractivity contribution < 1.29 is 0 Å². The van der Waals surface area contributed by atoms with Crippen LogP contribution in [0.4, 0.5) is 0 Å². The zero-order valence-corrected chi connectivity index (χ0v) is 17.2. The lowest BCUT2D eigenvalue weighted by Gasteiger charge is -2.16. The third kappa shape index (κ3) is 6.91. The van der Waals surface area contributed by atoms with Crippen LogP contribution < -0.4 is 10.6 Å². The van der Waals surface area contributed by atoms with Crippen LogP contribution >= 0.6 is 35.3 Å². The third-order valence-corrected chi connectivity index (χ3v) is 4.63. The summed E-state index contributed by atoms with van der Waals surface area (Å²) in [7, 11) is 1.82. The van der Waals surface area contributed by atoms with E-state index in [9.17, 15) is 0 Å². The van der Waals surface area contributed by atoms with Crippen LogP contribution in [0.3, 0.4) is 0 Å². The Balaban J connectivity index is 0.00000264. The van der Waals surface area contributed by atoms with E-state index in [2.05, 4.69) is 71.3 Å². The highest BCUT2D eigenvalue weighted by atomic mass is 127. The van der Waals surface area contributed by atoms with Gasteiger partial charge in [-0.3, -0.25) is 4.99 Å². The van der Waals surface area contributed by atoms with E-state index >= 15 is 0 Å². The molecule has 23 heavy (non-hydrogen) atoms. The van der Waals surface area contributed by atoms with Gasteiger partial charge in [-0.05, 0) is 36.3 Å². The van der Waals surface area contributed by atoms with E-state index in [0.29, 0.717) is 5.92 Å². The Labute approximate surface area is 160 Å². The summed E-state index contributed by atoms with van der Waals surface area (Å²) in [5.41, 5.74) is 2.65. The minimum absolute atomic E-state index is 0. The van der Waals surface area contributed by atoms with E-state index in [1.807, 2.05) is 7.05 Å². The summed E-state index contributed by atoms with van der Waals surface area (Å²) in [6.45, 7) is 6.13. The van der Waals surface area contributed by atoms with E-state index in [1.165, 1.54) is 16.0 Å². The highest BCUT2D eigenvalue weighted by molar-refractivity contribution is 14.0. The monoisotopic (exact) mass is 443 g/mol. The average Bonchev–Trinajstić information content (AvgIpc) is 3.04. The second-order valence-corrected chi connectivity index (χ2v) is 6.55. The lowest BCUT2D eigenvalue weighted by molar-refractivity contribution is 0.698. The number of nitrogens with one attached hydrogen (secondary N) is 2. The SMILES string of the molecule is CN=C(NCCc1cccs1)NCC(C)c1ccc(C)cc1.I. The molecule has 5 heteroatoms. The van der Waals surface area contributed by atoms with Crippen LogP contribution in [0.5, 0.6) is 0 Å². The van der Waals surface area contributed by atoms with Gasteiger partial charge < -0.3 is 10.6 Å². The Morgan fingerprint density at radius 3 is 2.52 bits per heavy atom. The second-order valence-electron chi connectivity index (χ2n) is 5.52. The molecule has 1 atom stereocenters. The summed E-state index contributed by atoms with van der Waals surface area (Å²) in [5, 5.41) is 8.89. The van der Waals surface area contributed by atoms with Crippen molar-refractivity contribution in [1.82, 2.24) is 10.6 Å². The molecule has 0 aliphatic rings. The lowest BCUT2D eigenvalue weighted by Crippen LogP contribution is -2.39. The standard InChI is InChI=1S/C18H25N3S.HI/c1-14-6-8-16(9-7-14)15(2)13-21-18(19-3)20-11-10-17-5-4-12-22-17;/h4-9,12,15H,10-11,13H2,1-3H3,(H2,19,20,21);1H. The molecule has 0 fully saturated rings. The van der Waals surface area contributed by atoms with Crippen molar-refractivity contribution in [3.8, 4) is 0 Å². The third-order valence-electron chi connectivity index (χ3n) is 3.69. The van der Waals surface area contributed by atoms with Crippen LogP contribution in [-0.2, 0) is 6.42 Å². The minimum atomic E-state index is 0. The fraction of sp³-hybridized carbons (Fsp3) is 0.389. The molecule has 0 saturated carbocycles. The number of aliphatic imine (C=N–C) groups is 1. The van der Waals surface area contributed by atoms with E-state index in [4.69, 9.17) is 0 Å². The number of guanidine groups is 1. The van der Waals surface area contributed by atoms with Gasteiger partial charge >= 0.3 is 0 Å². The van der Waals surface area contributed by atoms with Gasteiger partial charge in [-0.1, -0.05) is 42.8 Å². The summed E-state index contributed by atoms with van der Waals surface area (Å²) in [4.78, 5) is 5.68. The number of halogens is 1. The summed E-state index contributed by atoms with van der Waals surface area (Å²) < 4.78 is 0. The van der Waals surface area contributed by atoms with E-state index < -0.39 is 0 Å². The fourth-order valence-electron chi connectivity index (χ4n) is 2.24. The van der Waals surface area contributed by atoms with Gasteiger partial charge in [0.1, 0.15) is 0 Å². The summed E-state index contributed by atoms with van der Waals surface area (Å²) in [5.74, 6) is 1.33. The maximum absolute atomic E-state index is 4.28. The fourth-order valence-corrected chi connectivity index (χ4v) is 2.95. The van der Waals surface area contributed by atoms with Crippen molar-refractivity contribution in [2.24, 2.45) is 4.99 Å². The molecular weight excluding hydrogens is 417 g/mol. The van der Waals surface area contributed by atoms with Crippen LogP contribution in [-0.4, -0.2) is 26.1 Å². The number of rotatable bonds is 6. The normalized spacial score (nSPS) is 12.4. The van der Waals surface area contributed by atoms with Gasteiger partial charge in [0.25, 0.3) is 0 Å². The molecule has 0 aliphatic carbocycles. The Kier molecular flexibility index (Phi) is 9.24. The maximum atomic E-state index is 4.28. The van der Waals surface area contributed by atoms with Crippen LogP contribution in [0.25, 0.3) is 0 Å². The van der Waals surface area contributed by atoms with Crippen molar-refractivity contribution in [1.29, 1.82) is 0 Å². The molecule has 1 aromatic heterocycles. The highest BCUT2D eigenvalue weighted by Gasteiger charge is 2.06. The minimum Gasteiger partial charge on any atom is -0.356 e. The van der Waals surface area contributed by atoms with Crippen molar-refractivity contribution in [2.75, 3.05) is 20.1 Å². The van der Waals surface area contributed by atoms with Crippen LogP contribution in [0.15, 0.2) is 46.8 Å². The van der Waals surface area contributed by atoms with Crippen LogP contribution in [0.2, 0.25) is 0 Å². The molecule has 1 unspecified atom stereocenters. The summed E-state index contributed by atoms with van der Waals surface area (Å²) >= 11 is 1.80. The topological polar surface area (TPSA) is 36.4 Å². The van der Waals surface area contributed by atoms with Gasteiger partial charge in [0.2, 0.25) is 0 Å². The van der Waals surface area contributed by atoms with Gasteiger partial charge in [-0.15, -0.1) is 35.3 Å². The zero-order valence-electron chi connectivity index (χ0n) is 14.0. The van der Waals surface area contributed by atoms with Gasteiger partial charge in [-0.25, -0.2) is 0 Å². The molecule has 2 rings (SSSR count). The lowest BCUT2D eigenvalue weighted by atomic mass is 10.0. The molecule has 2 N–H and O–H groups in total. The van der Waals surface area contributed by atoms with Crippen LogP contribution in [0, 0.1) is 6.92 Å². The number of thiophene rings is 1. The molecule has 0 bridgehead atoms. The molecule has 3 nitrogen and oxygen atoms in total. The molecular formula is C18H26IN3S. The second kappa shape index (κ2) is 10.6. The number of nitrogens with zero attached hydrogens (tertiary/aromatic N) is 1. The number of aryl methyl sites for hydroxylation is 1. The average molecular weight is 443 g/mol. The summed E-state index contributed by atoms with van der Waals surface area (Å²) in [6, 6.07) is 13.0. The quantitative estimate of drug-likeness (QED) is 0.399. The molecule has 1 aromatic carbocycles. The molecule has 0 saturated heterocycles. The van der Waals surface area contributed by atoms with E-state index in [-0.39, 0.29) is 24.0 Å². The maximum Gasteiger partial charge on any atom is 0.191 e. The van der Waals surface area contributed by atoms with E-state index in [0.717, 1.165) is 25.5 Å². The Morgan fingerprint density at radius 1 is 1.17 bits per heavy atom. The van der Waals surface area contributed by atoms with Crippen LogP contribution in [0.1, 0.15) is 28.8 Å². The number of hydrogen-bond donors (Lipinski definition) is 2. The number of hydrogen-bond acceptors (Lipinski definition) is 2. The van der Waals surface area contributed by atoms with Crippen molar-refractivity contribution in [3.63, 3.8) is 0 Å². The van der Waals surface area contributed by atoms with Gasteiger partial charge in [0, 0.05) is 25.0 Å². The molecule has 0 spiro atoms. The first-order chi connectivity index (χ1) is 10.7. The Hall–Kier alpha value is -1.08. The Morgan fingerprint density at radius 2 is 1.91 bits per heavy atom. The number of benzene rings is 1. The first-order valence-corrected chi connectivity index (χ1v) is 8.60. The first-order valence-electron chi connectivity index (χ1n) is 7.72. The molecule has 0 amide bonds. The Bertz CT molecular complexity index is 579. The van der Waals surface area contributed by atoms with Gasteiger partial charge in [0.15, 0.2) is 5.96 Å². The van der Waals surface area contributed by atoms with E-state index in [1.54, 1.807) is 11.3 Å². The molecule has 0 aliphatic heterocycles. The van der Waals surface area contributed by atoms with Crippen molar-refractivity contribution >= 4 is 41.3 Å². The molecule has 126 valence electrons. The molecule has 1 heterocycles. The predicted molar refractivity (Wildman–Crippen MR) is 112 cm³/mol. The summed E-state index contributed by atoms with van der Waals surface area (Å²) in [6.07, 6.45) is 1.03. The largest absolute Gasteiger partial charge is 0.356 e. The van der Waals surface area contributed by atoms with Gasteiger partial charge in [-0.2, -0.15) is 0 Å². The molecule has 2 aromatic rings. The molecule has 0 radical (unpaired) electrons. The smallest absolute Gasteiger partial charge is 0.191 e. The zero-order chi connectivity index (χ0) is 15.8.